The molecule has 338 valence electrons. The highest BCUT2D eigenvalue weighted by atomic mass is 16.6. The molecule has 0 spiro atoms. The zero-order valence-corrected chi connectivity index (χ0v) is 39.1. The first-order valence-electron chi connectivity index (χ1n) is 25.1. The molecule has 0 aliphatic rings. The van der Waals surface area contributed by atoms with Crippen LogP contribution >= 0.6 is 0 Å². The molecule has 0 heterocycles. The maximum absolute atomic E-state index is 12.8. The molecular formula is C51H98O6. The summed E-state index contributed by atoms with van der Waals surface area (Å²) in [6, 6.07) is 0. The summed E-state index contributed by atoms with van der Waals surface area (Å²) in [5.74, 6) is 1.62. The van der Waals surface area contributed by atoms with Gasteiger partial charge in [0.15, 0.2) is 6.10 Å². The molecule has 0 saturated carbocycles. The summed E-state index contributed by atoms with van der Waals surface area (Å²) in [4.78, 5) is 37.9. The van der Waals surface area contributed by atoms with Crippen LogP contribution in [-0.2, 0) is 28.6 Å². The van der Waals surface area contributed by atoms with E-state index >= 15 is 0 Å². The molecule has 6 nitrogen and oxygen atoms in total. The number of carbonyl (C=O) groups excluding carboxylic acids is 3. The summed E-state index contributed by atoms with van der Waals surface area (Å²) in [5.41, 5.74) is 0. The fourth-order valence-electron chi connectivity index (χ4n) is 7.55. The topological polar surface area (TPSA) is 78.9 Å². The SMILES string of the molecule is CCC(C)CCCCCCCCC(=O)OC[C@H](COC(=O)CCCCCCCCCCCCCC(C)C)OC(=O)CCCCCCCCCCCCCCC(C)C. The van der Waals surface area contributed by atoms with Gasteiger partial charge in [-0.15, -0.1) is 0 Å². The third-order valence-electron chi connectivity index (χ3n) is 11.8. The van der Waals surface area contributed by atoms with Crippen LogP contribution in [0.4, 0.5) is 0 Å². The summed E-state index contributed by atoms with van der Waals surface area (Å²) >= 11 is 0. The van der Waals surface area contributed by atoms with E-state index in [0.717, 1.165) is 75.5 Å². The van der Waals surface area contributed by atoms with Crippen LogP contribution in [0.25, 0.3) is 0 Å². The molecule has 57 heavy (non-hydrogen) atoms. The van der Waals surface area contributed by atoms with Crippen LogP contribution in [0, 0.1) is 17.8 Å². The molecule has 0 saturated heterocycles. The lowest BCUT2D eigenvalue weighted by atomic mass is 10.00. The van der Waals surface area contributed by atoms with E-state index in [4.69, 9.17) is 14.2 Å². The Labute approximate surface area is 355 Å². The fourth-order valence-corrected chi connectivity index (χ4v) is 7.55. The predicted octanol–water partition coefficient (Wildman–Crippen LogP) is 16.0. The van der Waals surface area contributed by atoms with Gasteiger partial charge >= 0.3 is 17.9 Å². The van der Waals surface area contributed by atoms with Crippen LogP contribution in [0.3, 0.4) is 0 Å². The average molecular weight is 807 g/mol. The first-order chi connectivity index (χ1) is 27.6. The highest BCUT2D eigenvalue weighted by Gasteiger charge is 2.19. The number of esters is 3. The van der Waals surface area contributed by atoms with E-state index in [-0.39, 0.29) is 31.1 Å². The third-order valence-corrected chi connectivity index (χ3v) is 11.8. The van der Waals surface area contributed by atoms with E-state index in [0.29, 0.717) is 19.3 Å². The Hall–Kier alpha value is -1.59. The normalized spacial score (nSPS) is 12.6. The van der Waals surface area contributed by atoms with Crippen LogP contribution < -0.4 is 0 Å². The molecule has 0 rings (SSSR count). The molecule has 0 N–H and O–H groups in total. The second kappa shape index (κ2) is 42.5. The van der Waals surface area contributed by atoms with Crippen molar-refractivity contribution in [3.8, 4) is 0 Å². The highest BCUT2D eigenvalue weighted by Crippen LogP contribution is 2.18. The maximum atomic E-state index is 12.8. The monoisotopic (exact) mass is 807 g/mol. The van der Waals surface area contributed by atoms with Crippen molar-refractivity contribution in [3.05, 3.63) is 0 Å². The molecule has 0 radical (unpaired) electrons. The van der Waals surface area contributed by atoms with Crippen molar-refractivity contribution in [1.82, 2.24) is 0 Å². The summed E-state index contributed by atoms with van der Waals surface area (Å²) in [6.07, 6.45) is 40.9. The smallest absolute Gasteiger partial charge is 0.306 e. The van der Waals surface area contributed by atoms with Gasteiger partial charge in [-0.25, -0.2) is 0 Å². The Balaban J connectivity index is 4.32. The molecule has 0 aromatic carbocycles. The number of unbranched alkanes of at least 4 members (excludes halogenated alkanes) is 26. The lowest BCUT2D eigenvalue weighted by Crippen LogP contribution is -2.30. The largest absolute Gasteiger partial charge is 0.462 e. The standard InChI is InChI=1S/C51H98O6/c1-7-47(6)39-33-27-23-24-29-35-41-50(53)56-44-48(43-55-49(52)40-34-28-21-17-14-10-12-16-20-26-32-38-46(4)5)57-51(54)42-36-30-22-18-13-9-8-11-15-19-25-31-37-45(2)3/h45-48H,7-44H2,1-6H3/t47?,48-/m0/s1. The van der Waals surface area contributed by atoms with Crippen LogP contribution in [-0.4, -0.2) is 37.2 Å². The van der Waals surface area contributed by atoms with E-state index in [2.05, 4.69) is 41.5 Å². The minimum absolute atomic E-state index is 0.0656. The molecule has 0 aromatic rings. The van der Waals surface area contributed by atoms with Crippen molar-refractivity contribution in [2.24, 2.45) is 17.8 Å². The van der Waals surface area contributed by atoms with Gasteiger partial charge in [0.25, 0.3) is 0 Å². The zero-order chi connectivity index (χ0) is 42.0. The number of hydrogen-bond donors (Lipinski definition) is 0. The van der Waals surface area contributed by atoms with E-state index in [1.165, 1.54) is 154 Å². The molecule has 0 aliphatic carbocycles. The van der Waals surface area contributed by atoms with Crippen LogP contribution in [0.2, 0.25) is 0 Å². The quantitative estimate of drug-likeness (QED) is 0.0347. The van der Waals surface area contributed by atoms with E-state index in [9.17, 15) is 14.4 Å². The Morgan fingerprint density at radius 1 is 0.351 bits per heavy atom. The molecule has 0 fully saturated rings. The third kappa shape index (κ3) is 43.8. The Morgan fingerprint density at radius 2 is 0.614 bits per heavy atom. The van der Waals surface area contributed by atoms with E-state index < -0.39 is 6.10 Å². The van der Waals surface area contributed by atoms with Crippen molar-refractivity contribution in [2.75, 3.05) is 13.2 Å². The molecule has 0 amide bonds. The van der Waals surface area contributed by atoms with Gasteiger partial charge in [-0.3, -0.25) is 14.4 Å². The molecule has 0 aromatic heterocycles. The summed E-state index contributed by atoms with van der Waals surface area (Å²) in [6.45, 7) is 13.7. The van der Waals surface area contributed by atoms with Crippen molar-refractivity contribution in [3.63, 3.8) is 0 Å². The van der Waals surface area contributed by atoms with Gasteiger partial charge in [0.05, 0.1) is 0 Å². The first-order valence-corrected chi connectivity index (χ1v) is 25.1. The lowest BCUT2D eigenvalue weighted by molar-refractivity contribution is -0.167. The van der Waals surface area contributed by atoms with Crippen molar-refractivity contribution < 1.29 is 28.6 Å². The minimum Gasteiger partial charge on any atom is -0.462 e. The number of rotatable bonds is 44. The number of ether oxygens (including phenoxy) is 3. The van der Waals surface area contributed by atoms with Crippen LogP contribution in [0.1, 0.15) is 273 Å². The second-order valence-electron chi connectivity index (χ2n) is 18.6. The fraction of sp³-hybridized carbons (Fsp3) is 0.941. The van der Waals surface area contributed by atoms with Gasteiger partial charge in [-0.05, 0) is 37.0 Å². The van der Waals surface area contributed by atoms with Gasteiger partial charge in [-0.2, -0.15) is 0 Å². The first kappa shape index (κ1) is 55.4. The van der Waals surface area contributed by atoms with Gasteiger partial charge < -0.3 is 14.2 Å². The second-order valence-corrected chi connectivity index (χ2v) is 18.6. The minimum atomic E-state index is -0.763. The summed E-state index contributed by atoms with van der Waals surface area (Å²) in [5, 5.41) is 0. The number of hydrogen-bond acceptors (Lipinski definition) is 6. The van der Waals surface area contributed by atoms with Gasteiger partial charge in [0, 0.05) is 19.3 Å². The predicted molar refractivity (Wildman–Crippen MR) is 243 cm³/mol. The van der Waals surface area contributed by atoms with Crippen LogP contribution in [0.15, 0.2) is 0 Å². The Morgan fingerprint density at radius 3 is 0.912 bits per heavy atom. The van der Waals surface area contributed by atoms with Crippen molar-refractivity contribution >= 4 is 17.9 Å². The molecule has 6 heteroatoms. The Bertz CT molecular complexity index is 885. The average Bonchev–Trinajstić information content (AvgIpc) is 3.18. The number of carbonyl (C=O) groups is 3. The van der Waals surface area contributed by atoms with Crippen molar-refractivity contribution in [1.29, 1.82) is 0 Å². The molecular weight excluding hydrogens is 709 g/mol. The molecule has 2 atom stereocenters. The molecule has 1 unspecified atom stereocenters. The van der Waals surface area contributed by atoms with E-state index in [1.54, 1.807) is 0 Å². The van der Waals surface area contributed by atoms with Crippen molar-refractivity contribution in [2.45, 2.75) is 279 Å². The Kier molecular flexibility index (Phi) is 41.3. The summed E-state index contributed by atoms with van der Waals surface area (Å²) in [7, 11) is 0. The molecule has 0 bridgehead atoms. The van der Waals surface area contributed by atoms with Gasteiger partial charge in [0.2, 0.25) is 0 Å². The zero-order valence-electron chi connectivity index (χ0n) is 39.1. The summed E-state index contributed by atoms with van der Waals surface area (Å²) < 4.78 is 16.8. The molecule has 0 aliphatic heterocycles. The maximum Gasteiger partial charge on any atom is 0.306 e. The van der Waals surface area contributed by atoms with E-state index in [1.807, 2.05) is 0 Å². The van der Waals surface area contributed by atoms with Gasteiger partial charge in [-0.1, -0.05) is 234 Å². The van der Waals surface area contributed by atoms with Gasteiger partial charge in [0.1, 0.15) is 13.2 Å². The van der Waals surface area contributed by atoms with Crippen LogP contribution in [0.5, 0.6) is 0 Å². The lowest BCUT2D eigenvalue weighted by Gasteiger charge is -2.18. The highest BCUT2D eigenvalue weighted by molar-refractivity contribution is 5.71.